The van der Waals surface area contributed by atoms with Crippen LogP contribution in [0.4, 0.5) is 0 Å². The summed E-state index contributed by atoms with van der Waals surface area (Å²) in [7, 11) is 1.71. The van der Waals surface area contributed by atoms with Gasteiger partial charge in [0.25, 0.3) is 5.56 Å². The van der Waals surface area contributed by atoms with Crippen LogP contribution in [-0.4, -0.2) is 24.3 Å². The molecule has 7 nitrogen and oxygen atoms in total. The number of nitrogens with zero attached hydrogens (tertiary/aromatic N) is 5. The van der Waals surface area contributed by atoms with Crippen LogP contribution in [0.3, 0.4) is 0 Å². The minimum atomic E-state index is -0.0870. The molecule has 0 saturated heterocycles. The van der Waals surface area contributed by atoms with Crippen LogP contribution in [-0.2, 0) is 12.8 Å². The van der Waals surface area contributed by atoms with Crippen LogP contribution in [0, 0.1) is 0 Å². The van der Waals surface area contributed by atoms with Gasteiger partial charge in [-0.15, -0.1) is 10.2 Å². The van der Waals surface area contributed by atoms with Gasteiger partial charge in [0, 0.05) is 24.4 Å². The molecule has 8 heteroatoms. The highest BCUT2D eigenvalue weighted by Crippen LogP contribution is 2.26. The van der Waals surface area contributed by atoms with Gasteiger partial charge in [0.15, 0.2) is 10.9 Å². The van der Waals surface area contributed by atoms with Gasteiger partial charge in [-0.1, -0.05) is 59.4 Å². The number of hydrogen-bond donors (Lipinski definition) is 0. The summed E-state index contributed by atoms with van der Waals surface area (Å²) in [5, 5.41) is 14.0. The van der Waals surface area contributed by atoms with Gasteiger partial charge in [0.2, 0.25) is 5.78 Å². The highest BCUT2D eigenvalue weighted by atomic mass is 32.2. The van der Waals surface area contributed by atoms with Crippen molar-refractivity contribution in [3.63, 3.8) is 0 Å². The predicted molar refractivity (Wildman–Crippen MR) is 107 cm³/mol. The molecule has 3 aromatic heterocycles. The molecule has 5 aromatic rings. The highest BCUT2D eigenvalue weighted by Gasteiger charge is 2.15. The number of aryl methyl sites for hydroxylation is 1. The third-order valence-corrected chi connectivity index (χ3v) is 5.53. The molecule has 0 aliphatic carbocycles. The predicted octanol–water partition coefficient (Wildman–Crippen LogP) is 3.53. The lowest BCUT2D eigenvalue weighted by Crippen LogP contribution is -2.20. The summed E-state index contributed by atoms with van der Waals surface area (Å²) in [6.45, 7) is 0. The average molecular weight is 389 g/mol. The maximum atomic E-state index is 12.5. The standard InChI is InChI=1S/C20H15N5O2S/c1-24-18(26)15-9-5-6-10-16(15)25-19(24)21-22-20(25)28-12-14-11-17(27-23-14)13-7-3-2-4-8-13/h2-11H,12H2,1H3. The first-order valence-corrected chi connectivity index (χ1v) is 9.67. The van der Waals surface area contributed by atoms with E-state index in [2.05, 4.69) is 15.4 Å². The van der Waals surface area contributed by atoms with Gasteiger partial charge in [-0.05, 0) is 12.1 Å². The molecule has 0 saturated carbocycles. The van der Waals surface area contributed by atoms with E-state index in [9.17, 15) is 4.79 Å². The number of benzene rings is 2. The molecule has 0 radical (unpaired) electrons. The third kappa shape index (κ3) is 2.69. The van der Waals surface area contributed by atoms with Crippen molar-refractivity contribution in [3.8, 4) is 11.3 Å². The summed E-state index contributed by atoms with van der Waals surface area (Å²) in [4.78, 5) is 12.5. The lowest BCUT2D eigenvalue weighted by Gasteiger charge is -2.06. The number of para-hydroxylation sites is 1. The Morgan fingerprint density at radius 1 is 1.04 bits per heavy atom. The fourth-order valence-electron chi connectivity index (χ4n) is 3.16. The van der Waals surface area contributed by atoms with Crippen LogP contribution in [0.15, 0.2) is 75.1 Å². The lowest BCUT2D eigenvalue weighted by molar-refractivity contribution is 0.426. The second-order valence-electron chi connectivity index (χ2n) is 6.34. The Morgan fingerprint density at radius 3 is 2.68 bits per heavy atom. The van der Waals surface area contributed by atoms with Crippen LogP contribution in [0.1, 0.15) is 5.69 Å². The summed E-state index contributed by atoms with van der Waals surface area (Å²) >= 11 is 1.50. The Hall–Kier alpha value is -3.39. The molecule has 0 atom stereocenters. The van der Waals surface area contributed by atoms with E-state index in [-0.39, 0.29) is 5.56 Å². The molecular formula is C20H15N5O2S. The first-order chi connectivity index (χ1) is 13.7. The maximum absolute atomic E-state index is 12.5. The number of fused-ring (bicyclic) bond motifs is 3. The number of aromatic nitrogens is 5. The molecule has 0 N–H and O–H groups in total. The Labute approximate surface area is 163 Å². The van der Waals surface area contributed by atoms with Crippen LogP contribution in [0.25, 0.3) is 28.0 Å². The Morgan fingerprint density at radius 2 is 1.82 bits per heavy atom. The quantitative estimate of drug-likeness (QED) is 0.438. The molecule has 0 aliphatic rings. The summed E-state index contributed by atoms with van der Waals surface area (Å²) in [6.07, 6.45) is 0. The Kier molecular flexibility index (Phi) is 3.98. The molecule has 0 aliphatic heterocycles. The minimum Gasteiger partial charge on any atom is -0.356 e. The summed E-state index contributed by atoms with van der Waals surface area (Å²) < 4.78 is 8.88. The van der Waals surface area contributed by atoms with Crippen molar-refractivity contribution < 1.29 is 4.52 Å². The summed E-state index contributed by atoms with van der Waals surface area (Å²) in [6, 6.07) is 19.3. The second kappa shape index (κ2) is 6.65. The molecular weight excluding hydrogens is 374 g/mol. The van der Waals surface area contributed by atoms with Crippen molar-refractivity contribution in [3.05, 3.63) is 76.7 Å². The topological polar surface area (TPSA) is 78.2 Å². The van der Waals surface area contributed by atoms with Gasteiger partial charge >= 0.3 is 0 Å². The molecule has 2 aromatic carbocycles. The van der Waals surface area contributed by atoms with Gasteiger partial charge in [0.1, 0.15) is 0 Å². The second-order valence-corrected chi connectivity index (χ2v) is 7.28. The first kappa shape index (κ1) is 16.8. The van der Waals surface area contributed by atoms with Gasteiger partial charge in [-0.25, -0.2) is 0 Å². The third-order valence-electron chi connectivity index (χ3n) is 4.56. The van der Waals surface area contributed by atoms with Crippen molar-refractivity contribution in [2.75, 3.05) is 0 Å². The van der Waals surface area contributed by atoms with Crippen molar-refractivity contribution >= 4 is 28.4 Å². The maximum Gasteiger partial charge on any atom is 0.262 e. The summed E-state index contributed by atoms with van der Waals surface area (Å²) in [5.41, 5.74) is 2.50. The fraction of sp³-hybridized carbons (Fsp3) is 0.100. The number of hydrogen-bond acceptors (Lipinski definition) is 6. The van der Waals surface area contributed by atoms with Crippen molar-refractivity contribution in [2.24, 2.45) is 7.05 Å². The van der Waals surface area contributed by atoms with Crippen molar-refractivity contribution in [1.29, 1.82) is 0 Å². The van der Waals surface area contributed by atoms with E-state index in [4.69, 9.17) is 4.52 Å². The van der Waals surface area contributed by atoms with E-state index in [1.165, 1.54) is 16.3 Å². The first-order valence-electron chi connectivity index (χ1n) is 8.69. The smallest absolute Gasteiger partial charge is 0.262 e. The Balaban J connectivity index is 1.50. The van der Waals surface area contributed by atoms with Gasteiger partial charge in [0.05, 0.1) is 16.6 Å². The zero-order valence-corrected chi connectivity index (χ0v) is 15.8. The van der Waals surface area contributed by atoms with E-state index in [1.807, 2.05) is 65.1 Å². The molecule has 0 fully saturated rings. The normalized spacial score (nSPS) is 11.5. The van der Waals surface area contributed by atoms with Crippen LogP contribution in [0.5, 0.6) is 0 Å². The lowest BCUT2D eigenvalue weighted by atomic mass is 10.2. The zero-order chi connectivity index (χ0) is 19.1. The molecule has 0 spiro atoms. The molecule has 0 unspecified atom stereocenters. The zero-order valence-electron chi connectivity index (χ0n) is 14.9. The highest BCUT2D eigenvalue weighted by molar-refractivity contribution is 7.98. The van der Waals surface area contributed by atoms with Gasteiger partial charge < -0.3 is 4.52 Å². The van der Waals surface area contributed by atoms with Crippen molar-refractivity contribution in [1.82, 2.24) is 24.3 Å². The summed E-state index contributed by atoms with van der Waals surface area (Å²) in [5.74, 6) is 1.82. The number of thioether (sulfide) groups is 1. The van der Waals surface area contributed by atoms with E-state index in [0.29, 0.717) is 22.1 Å². The van der Waals surface area contributed by atoms with Crippen LogP contribution in [0.2, 0.25) is 0 Å². The fourth-order valence-corrected chi connectivity index (χ4v) is 3.98. The average Bonchev–Trinajstić information content (AvgIpc) is 3.38. The van der Waals surface area contributed by atoms with E-state index < -0.39 is 0 Å². The van der Waals surface area contributed by atoms with Gasteiger partial charge in [-0.2, -0.15) is 0 Å². The monoisotopic (exact) mass is 389 g/mol. The minimum absolute atomic E-state index is 0.0870. The largest absolute Gasteiger partial charge is 0.356 e. The van der Waals surface area contributed by atoms with Crippen molar-refractivity contribution in [2.45, 2.75) is 10.9 Å². The van der Waals surface area contributed by atoms with E-state index >= 15 is 0 Å². The molecule has 138 valence electrons. The molecule has 3 heterocycles. The molecule has 0 amide bonds. The van der Waals surface area contributed by atoms with Crippen LogP contribution < -0.4 is 5.56 Å². The molecule has 0 bridgehead atoms. The van der Waals surface area contributed by atoms with E-state index in [0.717, 1.165) is 22.5 Å². The van der Waals surface area contributed by atoms with Crippen LogP contribution >= 0.6 is 11.8 Å². The van der Waals surface area contributed by atoms with Gasteiger partial charge in [-0.3, -0.25) is 13.8 Å². The van der Waals surface area contributed by atoms with E-state index in [1.54, 1.807) is 7.05 Å². The molecule has 5 rings (SSSR count). The Bertz CT molecular complexity index is 1350. The number of rotatable bonds is 4. The molecule has 28 heavy (non-hydrogen) atoms. The SMILES string of the molecule is Cn1c(=O)c2ccccc2n2c(SCc3cc(-c4ccccc4)on3)nnc12.